The van der Waals surface area contributed by atoms with E-state index in [2.05, 4.69) is 0 Å². The lowest BCUT2D eigenvalue weighted by Gasteiger charge is -2.34. The monoisotopic (exact) mass is 242 g/mol. The van der Waals surface area contributed by atoms with Gasteiger partial charge in [0.2, 0.25) is 5.91 Å². The molecule has 17 heavy (non-hydrogen) atoms. The number of hydrogen-bond donors (Lipinski definition) is 1. The quantitative estimate of drug-likeness (QED) is 0.792. The van der Waals surface area contributed by atoms with Crippen LogP contribution in [0.3, 0.4) is 0 Å². The number of piperidine rings is 1. The van der Waals surface area contributed by atoms with Crippen LogP contribution in [-0.2, 0) is 9.53 Å². The zero-order valence-corrected chi connectivity index (χ0v) is 11.4. The number of methoxy groups -OCH3 is 1. The lowest BCUT2D eigenvalue weighted by molar-refractivity contribution is -0.138. The maximum atomic E-state index is 12.1. The van der Waals surface area contributed by atoms with Crippen LogP contribution >= 0.6 is 0 Å². The molecule has 0 aliphatic carbocycles. The molecule has 100 valence electrons. The second kappa shape index (κ2) is 6.36. The Balaban J connectivity index is 2.46. The van der Waals surface area contributed by atoms with Gasteiger partial charge >= 0.3 is 0 Å². The summed E-state index contributed by atoms with van der Waals surface area (Å²) >= 11 is 0. The van der Waals surface area contributed by atoms with Crippen molar-refractivity contribution in [3.8, 4) is 0 Å². The maximum Gasteiger partial charge on any atom is 0.225 e. The molecular formula is C13H26N2O2. The Kier molecular flexibility index (Phi) is 5.40. The fourth-order valence-electron chi connectivity index (χ4n) is 2.31. The molecule has 0 aromatic heterocycles. The fourth-order valence-corrected chi connectivity index (χ4v) is 2.31. The molecule has 1 saturated heterocycles. The van der Waals surface area contributed by atoms with E-state index in [0.717, 1.165) is 32.5 Å². The van der Waals surface area contributed by atoms with E-state index in [1.54, 1.807) is 7.11 Å². The van der Waals surface area contributed by atoms with Gasteiger partial charge in [-0.3, -0.25) is 4.79 Å². The number of ether oxygens (including phenoxy) is 1. The first-order chi connectivity index (χ1) is 7.98. The van der Waals surface area contributed by atoms with Crippen molar-refractivity contribution in [2.24, 2.45) is 11.7 Å². The zero-order chi connectivity index (χ0) is 12.9. The van der Waals surface area contributed by atoms with Gasteiger partial charge in [0.15, 0.2) is 0 Å². The highest BCUT2D eigenvalue weighted by atomic mass is 16.5. The first-order valence-corrected chi connectivity index (χ1v) is 6.51. The normalized spacial score (nSPS) is 21.6. The Labute approximate surface area is 104 Å². The van der Waals surface area contributed by atoms with Crippen molar-refractivity contribution in [3.05, 3.63) is 0 Å². The third kappa shape index (κ3) is 4.64. The summed E-state index contributed by atoms with van der Waals surface area (Å²) in [4.78, 5) is 14.1. The van der Waals surface area contributed by atoms with Crippen molar-refractivity contribution >= 4 is 5.91 Å². The minimum absolute atomic E-state index is 0.207. The number of carbonyl (C=O) groups is 1. The number of rotatable bonds is 5. The van der Waals surface area contributed by atoms with E-state index in [1.165, 1.54) is 6.42 Å². The van der Waals surface area contributed by atoms with Crippen LogP contribution in [0.4, 0.5) is 0 Å². The van der Waals surface area contributed by atoms with Crippen LogP contribution in [0, 0.1) is 5.92 Å². The zero-order valence-electron chi connectivity index (χ0n) is 11.4. The summed E-state index contributed by atoms with van der Waals surface area (Å²) in [5.74, 6) is 0.793. The summed E-state index contributed by atoms with van der Waals surface area (Å²) in [5.41, 5.74) is 5.22. The smallest absolute Gasteiger partial charge is 0.225 e. The standard InChI is InChI=1S/C13H26N2O2/c1-13(2,17-3)9-12(16)15-8-4-5-11(10-15)6-7-14/h11H,4-10,14H2,1-3H3. The van der Waals surface area contributed by atoms with Crippen LogP contribution in [-0.4, -0.2) is 43.2 Å². The Morgan fingerprint density at radius 3 is 2.82 bits per heavy atom. The third-order valence-electron chi connectivity index (χ3n) is 3.58. The van der Waals surface area contributed by atoms with Crippen molar-refractivity contribution in [1.29, 1.82) is 0 Å². The summed E-state index contributed by atoms with van der Waals surface area (Å²) in [6.07, 6.45) is 3.79. The van der Waals surface area contributed by atoms with Crippen LogP contribution in [0.15, 0.2) is 0 Å². The molecule has 1 fully saturated rings. The number of nitrogens with zero attached hydrogens (tertiary/aromatic N) is 1. The average Bonchev–Trinajstić information content (AvgIpc) is 2.29. The van der Waals surface area contributed by atoms with Gasteiger partial charge in [0.25, 0.3) is 0 Å². The van der Waals surface area contributed by atoms with Crippen molar-refractivity contribution < 1.29 is 9.53 Å². The van der Waals surface area contributed by atoms with E-state index < -0.39 is 0 Å². The van der Waals surface area contributed by atoms with Crippen molar-refractivity contribution in [3.63, 3.8) is 0 Å². The van der Waals surface area contributed by atoms with E-state index >= 15 is 0 Å². The van der Waals surface area contributed by atoms with E-state index in [4.69, 9.17) is 10.5 Å². The van der Waals surface area contributed by atoms with Gasteiger partial charge in [-0.15, -0.1) is 0 Å². The Bertz CT molecular complexity index is 252. The highest BCUT2D eigenvalue weighted by molar-refractivity contribution is 5.77. The van der Waals surface area contributed by atoms with E-state index in [1.807, 2.05) is 18.7 Å². The van der Waals surface area contributed by atoms with Gasteiger partial charge in [-0.25, -0.2) is 0 Å². The van der Waals surface area contributed by atoms with Gasteiger partial charge in [0, 0.05) is 20.2 Å². The van der Waals surface area contributed by atoms with Gasteiger partial charge in [0.1, 0.15) is 0 Å². The summed E-state index contributed by atoms with van der Waals surface area (Å²) < 4.78 is 5.31. The van der Waals surface area contributed by atoms with Gasteiger partial charge in [-0.2, -0.15) is 0 Å². The second-order valence-corrected chi connectivity index (χ2v) is 5.57. The predicted octanol–water partition coefficient (Wildman–Crippen LogP) is 1.39. The van der Waals surface area contributed by atoms with E-state index in [-0.39, 0.29) is 11.5 Å². The van der Waals surface area contributed by atoms with Gasteiger partial charge in [-0.05, 0) is 45.6 Å². The molecule has 0 aromatic rings. The molecule has 1 unspecified atom stereocenters. The molecule has 0 spiro atoms. The molecule has 0 bridgehead atoms. The first kappa shape index (κ1) is 14.5. The summed E-state index contributed by atoms with van der Waals surface area (Å²) in [7, 11) is 1.65. The lowest BCUT2D eigenvalue weighted by Crippen LogP contribution is -2.43. The number of hydrogen-bond acceptors (Lipinski definition) is 3. The molecule has 4 heteroatoms. The molecular weight excluding hydrogens is 216 g/mol. The number of nitrogens with two attached hydrogens (primary N) is 1. The molecule has 4 nitrogen and oxygen atoms in total. The Morgan fingerprint density at radius 1 is 1.53 bits per heavy atom. The minimum atomic E-state index is -0.363. The van der Waals surface area contributed by atoms with Crippen molar-refractivity contribution in [1.82, 2.24) is 4.90 Å². The van der Waals surface area contributed by atoms with Crippen LogP contribution in [0.1, 0.15) is 39.5 Å². The minimum Gasteiger partial charge on any atom is -0.378 e. The van der Waals surface area contributed by atoms with Gasteiger partial charge < -0.3 is 15.4 Å². The molecule has 1 aliphatic heterocycles. The van der Waals surface area contributed by atoms with Crippen LogP contribution in [0.2, 0.25) is 0 Å². The number of carbonyl (C=O) groups excluding carboxylic acids is 1. The van der Waals surface area contributed by atoms with Gasteiger partial charge in [-0.1, -0.05) is 0 Å². The number of likely N-dealkylation sites (tertiary alicyclic amines) is 1. The topological polar surface area (TPSA) is 55.6 Å². The molecule has 1 rings (SSSR count). The SMILES string of the molecule is COC(C)(C)CC(=O)N1CCCC(CCN)C1. The summed E-state index contributed by atoms with van der Waals surface area (Å²) in [5, 5.41) is 0. The molecule has 2 N–H and O–H groups in total. The third-order valence-corrected chi connectivity index (χ3v) is 3.58. The summed E-state index contributed by atoms with van der Waals surface area (Å²) in [6, 6.07) is 0. The van der Waals surface area contributed by atoms with E-state index in [0.29, 0.717) is 12.3 Å². The molecule has 1 amide bonds. The van der Waals surface area contributed by atoms with Gasteiger partial charge in [0.05, 0.1) is 12.0 Å². The maximum absolute atomic E-state index is 12.1. The van der Waals surface area contributed by atoms with Crippen molar-refractivity contribution in [2.75, 3.05) is 26.7 Å². The lowest BCUT2D eigenvalue weighted by atomic mass is 9.94. The Hall–Kier alpha value is -0.610. The molecule has 0 saturated carbocycles. The van der Waals surface area contributed by atoms with Crippen molar-refractivity contribution in [2.45, 2.75) is 45.1 Å². The first-order valence-electron chi connectivity index (χ1n) is 6.51. The predicted molar refractivity (Wildman–Crippen MR) is 68.7 cm³/mol. The Morgan fingerprint density at radius 2 is 2.24 bits per heavy atom. The molecule has 0 radical (unpaired) electrons. The van der Waals surface area contributed by atoms with Crippen LogP contribution < -0.4 is 5.73 Å². The highest BCUT2D eigenvalue weighted by Gasteiger charge is 2.28. The largest absolute Gasteiger partial charge is 0.378 e. The molecule has 0 aromatic carbocycles. The molecule has 1 atom stereocenters. The molecule has 1 heterocycles. The second-order valence-electron chi connectivity index (χ2n) is 5.57. The molecule has 1 aliphatic rings. The number of amides is 1. The highest BCUT2D eigenvalue weighted by Crippen LogP contribution is 2.22. The van der Waals surface area contributed by atoms with Crippen LogP contribution in [0.5, 0.6) is 0 Å². The van der Waals surface area contributed by atoms with Crippen LogP contribution in [0.25, 0.3) is 0 Å². The average molecular weight is 242 g/mol. The fraction of sp³-hybridized carbons (Fsp3) is 0.923. The summed E-state index contributed by atoms with van der Waals surface area (Å²) in [6.45, 7) is 6.38. The van der Waals surface area contributed by atoms with E-state index in [9.17, 15) is 4.79 Å².